The highest BCUT2D eigenvalue weighted by Crippen LogP contribution is 2.55. The second kappa shape index (κ2) is 7.96. The number of rotatable bonds is 6. The molecule has 1 aromatic rings. The van der Waals surface area contributed by atoms with Crippen molar-refractivity contribution in [3.63, 3.8) is 0 Å². The minimum Gasteiger partial charge on any atom is -0.508 e. The number of hydrogen-bond donors (Lipinski definition) is 1. The van der Waals surface area contributed by atoms with Crippen LogP contribution in [0.15, 0.2) is 23.8 Å². The van der Waals surface area contributed by atoms with E-state index in [4.69, 9.17) is 14.2 Å². The monoisotopic (exact) mass is 400 g/mol. The second-order valence-electron chi connectivity index (χ2n) is 9.58. The Bertz CT molecular complexity index is 773. The van der Waals surface area contributed by atoms with Crippen LogP contribution in [0.4, 0.5) is 0 Å². The van der Waals surface area contributed by atoms with E-state index in [0.717, 1.165) is 42.6 Å². The van der Waals surface area contributed by atoms with Crippen LogP contribution in [0.2, 0.25) is 0 Å². The minimum absolute atomic E-state index is 0.272. The van der Waals surface area contributed by atoms with E-state index < -0.39 is 5.79 Å². The van der Waals surface area contributed by atoms with Crippen LogP contribution in [0.3, 0.4) is 0 Å². The van der Waals surface area contributed by atoms with Crippen molar-refractivity contribution in [2.24, 2.45) is 5.92 Å². The molecular weight excluding hydrogens is 364 g/mol. The predicted octanol–water partition coefficient (Wildman–Crippen LogP) is 6.17. The average Bonchev–Trinajstić information content (AvgIpc) is 3.14. The molecule has 160 valence electrons. The summed E-state index contributed by atoms with van der Waals surface area (Å²) < 4.78 is 18.8. The van der Waals surface area contributed by atoms with Crippen molar-refractivity contribution in [2.75, 3.05) is 13.2 Å². The molecule has 2 atom stereocenters. The standard InChI is InChI=1S/C25H36O4/c1-5-6-7-8-11-25(27-12-13-28-25)18-15-21(26)23-19-14-17(2)9-10-20(19)24(3,4)29-22(23)16-18/h9,15-16,19-20,26H,5-8,10-14H2,1-4H3/t19-,20+/m1/s1. The number of allylic oxidation sites excluding steroid dienone is 2. The molecule has 0 aromatic heterocycles. The lowest BCUT2D eigenvalue weighted by atomic mass is 9.67. The summed E-state index contributed by atoms with van der Waals surface area (Å²) in [5.41, 5.74) is 2.98. The molecular formula is C25H36O4. The van der Waals surface area contributed by atoms with Gasteiger partial charge in [0.25, 0.3) is 0 Å². The normalized spacial score (nSPS) is 27.0. The molecule has 3 aliphatic rings. The van der Waals surface area contributed by atoms with Crippen LogP contribution in [0.5, 0.6) is 11.5 Å². The van der Waals surface area contributed by atoms with Crippen LogP contribution in [0.25, 0.3) is 0 Å². The van der Waals surface area contributed by atoms with E-state index in [1.54, 1.807) is 0 Å². The molecule has 0 saturated carbocycles. The maximum absolute atomic E-state index is 11.1. The number of ether oxygens (including phenoxy) is 3. The van der Waals surface area contributed by atoms with Crippen LogP contribution in [0.1, 0.15) is 89.7 Å². The van der Waals surface area contributed by atoms with Gasteiger partial charge in [-0.25, -0.2) is 0 Å². The lowest BCUT2D eigenvalue weighted by molar-refractivity contribution is -0.172. The zero-order chi connectivity index (χ0) is 20.6. The van der Waals surface area contributed by atoms with Gasteiger partial charge in [0.1, 0.15) is 17.1 Å². The Labute approximate surface area is 175 Å². The van der Waals surface area contributed by atoms with Gasteiger partial charge in [-0.15, -0.1) is 0 Å². The molecule has 1 aliphatic carbocycles. The summed E-state index contributed by atoms with van der Waals surface area (Å²) in [6.07, 6.45) is 9.75. The molecule has 4 nitrogen and oxygen atoms in total. The fourth-order valence-corrected chi connectivity index (χ4v) is 5.48. The summed E-state index contributed by atoms with van der Waals surface area (Å²) in [4.78, 5) is 0. The molecule has 0 amide bonds. The van der Waals surface area contributed by atoms with Gasteiger partial charge in [0.05, 0.1) is 13.2 Å². The van der Waals surface area contributed by atoms with Gasteiger partial charge in [-0.3, -0.25) is 0 Å². The molecule has 0 unspecified atom stereocenters. The van der Waals surface area contributed by atoms with Crippen molar-refractivity contribution in [3.05, 3.63) is 34.9 Å². The largest absolute Gasteiger partial charge is 0.508 e. The highest BCUT2D eigenvalue weighted by atomic mass is 16.7. The van der Waals surface area contributed by atoms with E-state index in [2.05, 4.69) is 39.8 Å². The van der Waals surface area contributed by atoms with Crippen LogP contribution in [0, 0.1) is 5.92 Å². The number of benzene rings is 1. The lowest BCUT2D eigenvalue weighted by Gasteiger charge is -2.47. The number of phenols is 1. The van der Waals surface area contributed by atoms with Gasteiger partial charge >= 0.3 is 0 Å². The zero-order valence-corrected chi connectivity index (χ0v) is 18.4. The zero-order valence-electron chi connectivity index (χ0n) is 18.4. The Kier molecular flexibility index (Phi) is 5.69. The highest BCUT2D eigenvalue weighted by molar-refractivity contribution is 5.53. The smallest absolute Gasteiger partial charge is 0.195 e. The molecule has 1 N–H and O–H groups in total. The summed E-state index contributed by atoms with van der Waals surface area (Å²) in [6.45, 7) is 9.94. The molecule has 4 heteroatoms. The third-order valence-electron chi connectivity index (χ3n) is 7.06. The van der Waals surface area contributed by atoms with E-state index in [1.165, 1.54) is 24.8 Å². The Morgan fingerprint density at radius 2 is 1.86 bits per heavy atom. The first-order valence-corrected chi connectivity index (χ1v) is 11.4. The van der Waals surface area contributed by atoms with E-state index >= 15 is 0 Å². The van der Waals surface area contributed by atoms with E-state index in [0.29, 0.717) is 30.8 Å². The highest BCUT2D eigenvalue weighted by Gasteiger charge is 2.47. The molecule has 0 bridgehead atoms. The number of phenolic OH excluding ortho intramolecular Hbond substituents is 1. The van der Waals surface area contributed by atoms with Gasteiger partial charge in [-0.2, -0.15) is 0 Å². The first-order valence-electron chi connectivity index (χ1n) is 11.4. The summed E-state index contributed by atoms with van der Waals surface area (Å²) in [6, 6.07) is 3.95. The van der Waals surface area contributed by atoms with E-state index in [9.17, 15) is 5.11 Å². The van der Waals surface area contributed by atoms with Crippen LogP contribution in [-0.4, -0.2) is 23.9 Å². The Morgan fingerprint density at radius 1 is 1.10 bits per heavy atom. The first kappa shape index (κ1) is 20.7. The Balaban J connectivity index is 1.70. The SMILES string of the molecule is CCCCCCC1(c2cc(O)c3c(c2)OC(C)(C)[C@H]2CC=C(C)C[C@@H]32)OCCO1. The molecule has 0 radical (unpaired) electrons. The summed E-state index contributed by atoms with van der Waals surface area (Å²) in [7, 11) is 0. The molecule has 2 aliphatic heterocycles. The van der Waals surface area contributed by atoms with Crippen molar-refractivity contribution in [1.82, 2.24) is 0 Å². The van der Waals surface area contributed by atoms with E-state index in [1.807, 2.05) is 6.07 Å². The molecule has 1 aromatic carbocycles. The molecule has 29 heavy (non-hydrogen) atoms. The van der Waals surface area contributed by atoms with Gasteiger partial charge in [0.15, 0.2) is 5.79 Å². The second-order valence-corrected chi connectivity index (χ2v) is 9.58. The maximum atomic E-state index is 11.1. The van der Waals surface area contributed by atoms with Crippen LogP contribution >= 0.6 is 0 Å². The van der Waals surface area contributed by atoms with Gasteiger partial charge in [0, 0.05) is 29.4 Å². The maximum Gasteiger partial charge on any atom is 0.195 e. The fourth-order valence-electron chi connectivity index (χ4n) is 5.48. The molecule has 0 spiro atoms. The third kappa shape index (κ3) is 3.82. The fraction of sp³-hybridized carbons (Fsp3) is 0.680. The lowest BCUT2D eigenvalue weighted by Crippen LogP contribution is -2.45. The van der Waals surface area contributed by atoms with Gasteiger partial charge in [0.2, 0.25) is 0 Å². The Morgan fingerprint density at radius 3 is 2.59 bits per heavy atom. The topological polar surface area (TPSA) is 47.9 Å². The average molecular weight is 401 g/mol. The van der Waals surface area contributed by atoms with Crippen molar-refractivity contribution in [2.45, 2.75) is 89.9 Å². The van der Waals surface area contributed by atoms with Crippen molar-refractivity contribution in [1.29, 1.82) is 0 Å². The number of fused-ring (bicyclic) bond motifs is 3. The molecule has 4 rings (SSSR count). The molecule has 1 saturated heterocycles. The van der Waals surface area contributed by atoms with Crippen molar-refractivity contribution < 1.29 is 19.3 Å². The molecule has 2 heterocycles. The van der Waals surface area contributed by atoms with Crippen LogP contribution < -0.4 is 4.74 Å². The van der Waals surface area contributed by atoms with Gasteiger partial charge in [-0.05, 0) is 52.2 Å². The van der Waals surface area contributed by atoms with Gasteiger partial charge < -0.3 is 19.3 Å². The summed E-state index contributed by atoms with van der Waals surface area (Å²) in [5, 5.41) is 11.1. The third-order valence-corrected chi connectivity index (χ3v) is 7.06. The van der Waals surface area contributed by atoms with Crippen molar-refractivity contribution >= 4 is 0 Å². The minimum atomic E-state index is -0.757. The predicted molar refractivity (Wildman–Crippen MR) is 114 cm³/mol. The molecule has 1 fully saturated rings. The Hall–Kier alpha value is -1.52. The summed E-state index contributed by atoms with van der Waals surface area (Å²) in [5.74, 6) is 1.03. The van der Waals surface area contributed by atoms with Gasteiger partial charge in [-0.1, -0.05) is 37.8 Å². The quantitative estimate of drug-likeness (QED) is 0.458. The number of unbranched alkanes of at least 4 members (excludes halogenated alkanes) is 3. The summed E-state index contributed by atoms with van der Waals surface area (Å²) >= 11 is 0. The first-order chi connectivity index (χ1) is 13.9. The van der Waals surface area contributed by atoms with Crippen LogP contribution in [-0.2, 0) is 15.3 Å². The van der Waals surface area contributed by atoms with E-state index in [-0.39, 0.29) is 5.60 Å². The number of aromatic hydroxyl groups is 1. The van der Waals surface area contributed by atoms with Crippen molar-refractivity contribution in [3.8, 4) is 11.5 Å². The number of hydrogen-bond acceptors (Lipinski definition) is 4.